The van der Waals surface area contributed by atoms with Crippen molar-refractivity contribution in [3.63, 3.8) is 0 Å². The number of benzene rings is 1. The zero-order valence-electron chi connectivity index (χ0n) is 11.3. The molecule has 0 bridgehead atoms. The number of halogens is 3. The fraction of sp³-hybridized carbons (Fsp3) is 0.333. The summed E-state index contributed by atoms with van der Waals surface area (Å²) in [5.41, 5.74) is 0.684. The smallest absolute Gasteiger partial charge is 0.128 e. The van der Waals surface area contributed by atoms with Gasteiger partial charge in [-0.15, -0.1) is 11.3 Å². The highest BCUT2D eigenvalue weighted by Crippen LogP contribution is 2.23. The van der Waals surface area contributed by atoms with E-state index >= 15 is 0 Å². The van der Waals surface area contributed by atoms with Crippen LogP contribution >= 0.6 is 22.9 Å². The lowest BCUT2D eigenvalue weighted by Crippen LogP contribution is -2.22. The van der Waals surface area contributed by atoms with Crippen LogP contribution in [0.3, 0.4) is 0 Å². The number of thiophene rings is 1. The highest BCUT2D eigenvalue weighted by molar-refractivity contribution is 7.16. The lowest BCUT2D eigenvalue weighted by molar-refractivity contribution is 0.519. The summed E-state index contributed by atoms with van der Waals surface area (Å²) in [6, 6.07) is 6.11. The number of aryl methyl sites for hydroxylation is 1. The SMILES string of the molecule is Cc1cc(F)c(C(C)NCCc2ccc(Cl)s2)cc1F. The van der Waals surface area contributed by atoms with Gasteiger partial charge in [-0.25, -0.2) is 8.78 Å². The highest BCUT2D eigenvalue weighted by atomic mass is 35.5. The third-order valence-corrected chi connectivity index (χ3v) is 4.49. The van der Waals surface area contributed by atoms with Crippen LogP contribution in [0, 0.1) is 18.6 Å². The molecule has 1 unspecified atom stereocenters. The van der Waals surface area contributed by atoms with Crippen molar-refractivity contribution < 1.29 is 8.78 Å². The molecule has 0 amide bonds. The average Bonchev–Trinajstić information content (AvgIpc) is 2.79. The molecule has 1 N–H and O–H groups in total. The number of rotatable bonds is 5. The molecule has 0 aliphatic heterocycles. The van der Waals surface area contributed by atoms with Gasteiger partial charge in [0, 0.05) is 23.0 Å². The molecule has 20 heavy (non-hydrogen) atoms. The van der Waals surface area contributed by atoms with Crippen molar-refractivity contribution in [1.29, 1.82) is 0 Å². The molecule has 0 saturated carbocycles. The van der Waals surface area contributed by atoms with Crippen LogP contribution in [0.4, 0.5) is 8.78 Å². The average molecular weight is 316 g/mol. The summed E-state index contributed by atoms with van der Waals surface area (Å²) in [5.74, 6) is -0.747. The monoisotopic (exact) mass is 315 g/mol. The number of hydrogen-bond donors (Lipinski definition) is 1. The van der Waals surface area contributed by atoms with Crippen molar-refractivity contribution in [3.8, 4) is 0 Å². The van der Waals surface area contributed by atoms with Gasteiger partial charge in [0.2, 0.25) is 0 Å². The molecule has 0 aliphatic carbocycles. The Kier molecular flexibility index (Phi) is 5.13. The van der Waals surface area contributed by atoms with E-state index in [9.17, 15) is 8.78 Å². The van der Waals surface area contributed by atoms with Gasteiger partial charge in [0.05, 0.1) is 4.34 Å². The fourth-order valence-electron chi connectivity index (χ4n) is 2.00. The summed E-state index contributed by atoms with van der Waals surface area (Å²) < 4.78 is 28.1. The lowest BCUT2D eigenvalue weighted by atomic mass is 10.0. The van der Waals surface area contributed by atoms with Crippen LogP contribution in [-0.2, 0) is 6.42 Å². The van der Waals surface area contributed by atoms with Gasteiger partial charge >= 0.3 is 0 Å². The number of nitrogens with one attached hydrogen (secondary N) is 1. The predicted octanol–water partition coefficient (Wildman–Crippen LogP) is 4.88. The molecule has 108 valence electrons. The van der Waals surface area contributed by atoms with E-state index in [1.807, 2.05) is 19.1 Å². The molecule has 1 atom stereocenters. The molecule has 0 saturated heterocycles. The highest BCUT2D eigenvalue weighted by Gasteiger charge is 2.13. The van der Waals surface area contributed by atoms with Crippen LogP contribution in [0.1, 0.15) is 29.0 Å². The molecule has 0 fully saturated rings. The Labute approximate surface area is 126 Å². The minimum Gasteiger partial charge on any atom is -0.310 e. The minimum atomic E-state index is -0.375. The van der Waals surface area contributed by atoms with Gasteiger partial charge in [0.25, 0.3) is 0 Å². The third kappa shape index (κ3) is 3.78. The summed E-state index contributed by atoms with van der Waals surface area (Å²) in [7, 11) is 0. The van der Waals surface area contributed by atoms with Gasteiger partial charge < -0.3 is 5.32 Å². The van der Waals surface area contributed by atoms with E-state index in [1.54, 1.807) is 6.92 Å². The predicted molar refractivity (Wildman–Crippen MR) is 80.5 cm³/mol. The van der Waals surface area contributed by atoms with Crippen molar-refractivity contribution >= 4 is 22.9 Å². The quantitative estimate of drug-likeness (QED) is 0.829. The molecule has 1 aromatic heterocycles. The summed E-state index contributed by atoms with van der Waals surface area (Å²) >= 11 is 7.39. The maximum Gasteiger partial charge on any atom is 0.128 e. The Hall–Kier alpha value is -0.970. The Morgan fingerprint density at radius 1 is 1.25 bits per heavy atom. The van der Waals surface area contributed by atoms with E-state index < -0.39 is 0 Å². The van der Waals surface area contributed by atoms with E-state index in [0.717, 1.165) is 10.8 Å². The van der Waals surface area contributed by atoms with E-state index in [0.29, 0.717) is 17.7 Å². The third-order valence-electron chi connectivity index (χ3n) is 3.20. The first-order chi connectivity index (χ1) is 9.47. The van der Waals surface area contributed by atoms with Crippen molar-refractivity contribution in [3.05, 3.63) is 56.2 Å². The van der Waals surface area contributed by atoms with Crippen LogP contribution in [0.25, 0.3) is 0 Å². The maximum atomic E-state index is 13.8. The standard InChI is InChI=1S/C15H16ClF2NS/c1-9-7-14(18)12(8-13(9)17)10(2)19-6-5-11-3-4-15(16)20-11/h3-4,7-8,10,19H,5-6H2,1-2H3. The molecule has 2 aromatic rings. The first-order valence-electron chi connectivity index (χ1n) is 6.40. The lowest BCUT2D eigenvalue weighted by Gasteiger charge is -2.15. The molecule has 1 aromatic carbocycles. The molecule has 0 spiro atoms. The van der Waals surface area contributed by atoms with Crippen molar-refractivity contribution in [1.82, 2.24) is 5.32 Å². The van der Waals surface area contributed by atoms with Gasteiger partial charge in [-0.2, -0.15) is 0 Å². The zero-order chi connectivity index (χ0) is 14.7. The number of hydrogen-bond acceptors (Lipinski definition) is 2. The summed E-state index contributed by atoms with van der Waals surface area (Å²) in [6.45, 7) is 4.07. The van der Waals surface area contributed by atoms with Crippen LogP contribution < -0.4 is 5.32 Å². The Morgan fingerprint density at radius 3 is 2.65 bits per heavy atom. The first kappa shape index (κ1) is 15.4. The second-order valence-electron chi connectivity index (χ2n) is 4.75. The van der Waals surface area contributed by atoms with Crippen molar-refractivity contribution in [2.75, 3.05) is 6.54 Å². The van der Waals surface area contributed by atoms with Crippen molar-refractivity contribution in [2.45, 2.75) is 26.3 Å². The molecule has 0 radical (unpaired) electrons. The molecule has 0 aliphatic rings. The van der Waals surface area contributed by atoms with Crippen molar-refractivity contribution in [2.24, 2.45) is 0 Å². The largest absolute Gasteiger partial charge is 0.310 e. The van der Waals surface area contributed by atoms with Gasteiger partial charge in [0.15, 0.2) is 0 Å². The molecule has 1 nitrogen and oxygen atoms in total. The summed E-state index contributed by atoms with van der Waals surface area (Å²) in [5, 5.41) is 3.20. The second-order valence-corrected chi connectivity index (χ2v) is 6.55. The molecule has 2 rings (SSSR count). The molecule has 5 heteroatoms. The fourth-order valence-corrected chi connectivity index (χ4v) is 3.09. The maximum absolute atomic E-state index is 13.8. The van der Waals surface area contributed by atoms with Gasteiger partial charge in [0.1, 0.15) is 11.6 Å². The van der Waals surface area contributed by atoms with Crippen LogP contribution in [0.15, 0.2) is 24.3 Å². The topological polar surface area (TPSA) is 12.0 Å². The Balaban J connectivity index is 1.95. The van der Waals surface area contributed by atoms with E-state index in [4.69, 9.17) is 11.6 Å². The Morgan fingerprint density at radius 2 is 2.00 bits per heavy atom. The van der Waals surface area contributed by atoms with Gasteiger partial charge in [-0.05, 0) is 50.1 Å². The van der Waals surface area contributed by atoms with Crippen LogP contribution in [-0.4, -0.2) is 6.54 Å². The summed E-state index contributed by atoms with van der Waals surface area (Å²) in [6.07, 6.45) is 0.817. The first-order valence-corrected chi connectivity index (χ1v) is 7.60. The van der Waals surface area contributed by atoms with E-state index in [-0.39, 0.29) is 17.7 Å². The van der Waals surface area contributed by atoms with Gasteiger partial charge in [-0.3, -0.25) is 0 Å². The minimum absolute atomic E-state index is 0.236. The van der Waals surface area contributed by atoms with E-state index in [2.05, 4.69) is 5.32 Å². The molecular weight excluding hydrogens is 300 g/mol. The zero-order valence-corrected chi connectivity index (χ0v) is 12.9. The normalized spacial score (nSPS) is 12.7. The molecule has 1 heterocycles. The Bertz CT molecular complexity index is 598. The van der Waals surface area contributed by atoms with Gasteiger partial charge in [-0.1, -0.05) is 11.6 Å². The van der Waals surface area contributed by atoms with Crippen LogP contribution in [0.2, 0.25) is 4.34 Å². The van der Waals surface area contributed by atoms with E-state index in [1.165, 1.54) is 28.3 Å². The summed E-state index contributed by atoms with van der Waals surface area (Å²) in [4.78, 5) is 1.17. The van der Waals surface area contributed by atoms with Crippen LogP contribution in [0.5, 0.6) is 0 Å². The second kappa shape index (κ2) is 6.66. The molecular formula is C15H16ClF2NS.